The molecule has 0 aliphatic rings. The number of nitrogens with zero attached hydrogens (tertiary/aromatic N) is 3. The van der Waals surface area contributed by atoms with Crippen molar-refractivity contribution in [3.63, 3.8) is 0 Å². The molecule has 0 spiro atoms. The first kappa shape index (κ1) is 9.21. The Morgan fingerprint density at radius 3 is 1.83 bits per heavy atom. The van der Waals surface area contributed by atoms with Crippen molar-refractivity contribution in [2.45, 2.75) is 0 Å². The van der Waals surface area contributed by atoms with Crippen LogP contribution in [0.2, 0.25) is 0 Å². The van der Waals surface area contributed by atoms with E-state index < -0.39 is 0 Å². The van der Waals surface area contributed by atoms with Crippen LogP contribution in [0, 0.1) is 0 Å². The zero-order valence-corrected chi connectivity index (χ0v) is 3.80. The van der Waals surface area contributed by atoms with Crippen molar-refractivity contribution in [1.82, 2.24) is 0 Å². The number of nitrogens with two attached hydrogens (primary N) is 2. The molecule has 5 nitrogen and oxygen atoms in total. The molecule has 0 bridgehead atoms. The summed E-state index contributed by atoms with van der Waals surface area (Å²) < 4.78 is 2.54. The number of rotatable bonds is 0. The van der Waals surface area contributed by atoms with E-state index in [1.165, 1.54) is 0 Å². The van der Waals surface area contributed by atoms with E-state index in [2.05, 4.69) is 36.5 Å². The minimum atomic E-state index is 2.19. The Hall–Kier alpha value is -0.276. The van der Waals surface area contributed by atoms with Gasteiger partial charge in [0.05, 0.1) is 0 Å². The van der Waals surface area contributed by atoms with Gasteiger partial charge in [0.15, 0.2) is 0 Å². The maximum atomic E-state index is 7.24. The molecule has 0 aliphatic carbocycles. The molecule has 0 heterocycles. The van der Waals surface area contributed by atoms with E-state index in [9.17, 15) is 0 Å². The quantitative estimate of drug-likeness (QED) is 0.117. The molecule has 0 saturated heterocycles. The van der Waals surface area contributed by atoms with Crippen LogP contribution in [0.3, 0.4) is 0 Å². The normalized spacial score (nSPS) is 4.00. The van der Waals surface area contributed by atoms with Gasteiger partial charge in [0.2, 0.25) is 0 Å². The Kier molecular flexibility index (Phi) is 33.8. The first-order chi connectivity index (χ1) is 2.91. The van der Waals surface area contributed by atoms with Gasteiger partial charge in [-0.1, -0.05) is 0 Å². The summed E-state index contributed by atoms with van der Waals surface area (Å²) in [6, 6.07) is 0. The first-order valence-electron chi connectivity index (χ1n) is 0.875. The van der Waals surface area contributed by atoms with Gasteiger partial charge in [-0.15, -0.1) is 0 Å². The fraction of sp³-hybridized carbons (Fsp3) is 0. The molecular weight excluding hydrogens is 129 g/mol. The average Bonchev–Trinajstić information content (AvgIpc) is 1.72. The Morgan fingerprint density at radius 2 is 1.83 bits per heavy atom. The maximum absolute atomic E-state index is 7.24. The predicted octanol–water partition coefficient (Wildman–Crippen LogP) is -0.423. The molecular formula is H4N5Ni. The summed E-state index contributed by atoms with van der Waals surface area (Å²) in [7, 11) is 0. The summed E-state index contributed by atoms with van der Waals surface area (Å²) in [5.41, 5.74) is 7.24. The number of azide groups is 1. The predicted molar refractivity (Wildman–Crippen MR) is 17.5 cm³/mol. The molecule has 0 aromatic rings. The third-order valence-electron chi connectivity index (χ3n) is 0.0283. The van der Waals surface area contributed by atoms with Crippen molar-refractivity contribution in [2.24, 2.45) is 15.9 Å². The van der Waals surface area contributed by atoms with Crippen LogP contribution in [0.15, 0.2) is 4.19 Å². The Balaban J connectivity index is 0. The third kappa shape index (κ3) is 52.8. The molecule has 0 saturated carbocycles. The number of hydrogen-bond donors (Lipinski definition) is 2. The fourth-order valence-corrected chi connectivity index (χ4v) is 0. The van der Waals surface area contributed by atoms with E-state index in [1.54, 1.807) is 0 Å². The average molecular weight is 133 g/mol. The minimum absolute atomic E-state index is 2.19. The fourth-order valence-electron chi connectivity index (χ4n) is 0. The Bertz CT molecular complexity index is 41.9. The molecule has 6 heavy (non-hydrogen) atoms. The number of hydrazine groups is 1. The molecule has 0 aromatic heterocycles. The second-order valence-corrected chi connectivity index (χ2v) is 0.350. The molecule has 0 aromatic carbocycles. The second-order valence-electron chi connectivity index (χ2n) is 0.153. The van der Waals surface area contributed by atoms with Gasteiger partial charge in [-0.25, -0.2) is 0 Å². The zero-order chi connectivity index (χ0) is 5.41. The molecule has 6 heteroatoms. The van der Waals surface area contributed by atoms with Gasteiger partial charge in [0.1, 0.15) is 0 Å². The van der Waals surface area contributed by atoms with E-state index in [-0.39, 0.29) is 0 Å². The van der Waals surface area contributed by atoms with Crippen molar-refractivity contribution >= 4 is 0 Å². The van der Waals surface area contributed by atoms with Gasteiger partial charge >= 0.3 is 30.3 Å². The molecule has 4 N–H and O–H groups in total. The second kappa shape index (κ2) is 22.0. The van der Waals surface area contributed by atoms with Gasteiger partial charge < -0.3 is 0 Å². The van der Waals surface area contributed by atoms with Gasteiger partial charge in [-0.05, 0) is 0 Å². The van der Waals surface area contributed by atoms with E-state index in [0.717, 1.165) is 0 Å². The molecule has 0 fully saturated rings. The van der Waals surface area contributed by atoms with Crippen LogP contribution in [0.25, 0.3) is 10.4 Å². The van der Waals surface area contributed by atoms with Crippen molar-refractivity contribution in [1.29, 1.82) is 0 Å². The monoisotopic (exact) mass is 132 g/mol. The third-order valence-corrected chi connectivity index (χ3v) is 0.117. The summed E-state index contributed by atoms with van der Waals surface area (Å²) in [4.78, 5) is 2.19. The molecule has 39 valence electrons. The van der Waals surface area contributed by atoms with Gasteiger partial charge in [0, 0.05) is 0 Å². The van der Waals surface area contributed by atoms with Crippen LogP contribution in [-0.2, 0) is 15.7 Å². The van der Waals surface area contributed by atoms with Crippen LogP contribution in [0.1, 0.15) is 0 Å². The Morgan fingerprint density at radius 1 is 1.67 bits per heavy atom. The van der Waals surface area contributed by atoms with E-state index >= 15 is 0 Å². The number of hydrogen-bond acceptors (Lipinski definition) is 3. The Labute approximate surface area is 42.9 Å². The van der Waals surface area contributed by atoms with Crippen LogP contribution >= 0.6 is 0 Å². The molecule has 0 atom stereocenters. The SMILES string of the molecule is NN.[N-]=[N+]=[N][Ni]. The molecule has 0 unspecified atom stereocenters. The van der Waals surface area contributed by atoms with Crippen molar-refractivity contribution in [3.8, 4) is 0 Å². The van der Waals surface area contributed by atoms with E-state index in [1.807, 2.05) is 0 Å². The zero-order valence-electron chi connectivity index (χ0n) is 2.81. The summed E-state index contributed by atoms with van der Waals surface area (Å²) in [6.45, 7) is 0. The summed E-state index contributed by atoms with van der Waals surface area (Å²) >= 11 is 3.52. The van der Waals surface area contributed by atoms with Crippen molar-refractivity contribution in [3.05, 3.63) is 10.4 Å². The molecule has 0 rings (SSSR count). The molecule has 0 radical (unpaired) electrons. The molecule has 0 amide bonds. The van der Waals surface area contributed by atoms with Crippen LogP contribution in [-0.4, -0.2) is 0 Å². The standard InChI is InChI=1S/N3.H4N2.Ni/c1-3-2;1-2;/h;1-2H2;/q-1;;+1. The summed E-state index contributed by atoms with van der Waals surface area (Å²) in [5, 5.41) is 0. The summed E-state index contributed by atoms with van der Waals surface area (Å²) in [6.07, 6.45) is 0. The van der Waals surface area contributed by atoms with Gasteiger partial charge in [-0.3, -0.25) is 11.7 Å². The van der Waals surface area contributed by atoms with Crippen molar-refractivity contribution < 1.29 is 15.7 Å². The first-order valence-corrected chi connectivity index (χ1v) is 1.32. The topological polar surface area (TPSA) is 101 Å². The molecule has 0 aliphatic heterocycles. The van der Waals surface area contributed by atoms with Crippen molar-refractivity contribution in [2.75, 3.05) is 0 Å². The van der Waals surface area contributed by atoms with E-state index in [4.69, 9.17) is 5.53 Å². The van der Waals surface area contributed by atoms with Gasteiger partial charge in [0.25, 0.3) is 0 Å². The van der Waals surface area contributed by atoms with E-state index in [0.29, 0.717) is 0 Å². The van der Waals surface area contributed by atoms with Crippen LogP contribution in [0.4, 0.5) is 0 Å². The summed E-state index contributed by atoms with van der Waals surface area (Å²) in [5.74, 6) is 8.00. The van der Waals surface area contributed by atoms with Crippen LogP contribution in [0.5, 0.6) is 0 Å². The van der Waals surface area contributed by atoms with Gasteiger partial charge in [-0.2, -0.15) is 0 Å². The van der Waals surface area contributed by atoms with Crippen LogP contribution < -0.4 is 11.7 Å².